The first-order valence-corrected chi connectivity index (χ1v) is 7.82. The van der Waals surface area contributed by atoms with Gasteiger partial charge in [-0.1, -0.05) is 32.9 Å². The minimum atomic E-state index is -0.534. The van der Waals surface area contributed by atoms with E-state index >= 15 is 0 Å². The van der Waals surface area contributed by atoms with Gasteiger partial charge in [0.2, 0.25) is 0 Å². The second-order valence-corrected chi connectivity index (χ2v) is 7.00. The number of oxime groups is 1. The van der Waals surface area contributed by atoms with Gasteiger partial charge in [0.05, 0.1) is 10.3 Å². The van der Waals surface area contributed by atoms with E-state index in [-0.39, 0.29) is 10.00 Å². The summed E-state index contributed by atoms with van der Waals surface area (Å²) in [6, 6.07) is 0. The molecule has 0 aromatic rings. The molecule has 0 aromatic carbocycles. The Balaban J connectivity index is 4.92. The molecule has 0 aliphatic rings. The fraction of sp³-hybridized carbons (Fsp3) is 0.818. The molecule has 6 heteroatoms. The summed E-state index contributed by atoms with van der Waals surface area (Å²) in [5.74, 6) is 1.00. The zero-order valence-electron chi connectivity index (χ0n) is 11.4. The highest BCUT2D eigenvalue weighted by Crippen LogP contribution is 2.31. The van der Waals surface area contributed by atoms with Crippen molar-refractivity contribution in [3.05, 3.63) is 0 Å². The predicted octanol–water partition coefficient (Wildman–Crippen LogP) is 3.19. The average molecular weight is 278 g/mol. The van der Waals surface area contributed by atoms with Crippen LogP contribution in [-0.2, 0) is 4.84 Å². The molecule has 4 nitrogen and oxygen atoms in total. The molecule has 0 spiro atoms. The Morgan fingerprint density at radius 2 is 2.06 bits per heavy atom. The van der Waals surface area contributed by atoms with Crippen LogP contribution in [0.15, 0.2) is 5.16 Å². The Hall–Kier alpha value is -0.360. The third-order valence-corrected chi connectivity index (χ3v) is 4.45. The van der Waals surface area contributed by atoms with Crippen LogP contribution in [-0.4, -0.2) is 35.4 Å². The summed E-state index contributed by atoms with van der Waals surface area (Å²) in [4.78, 5) is 15.9. The van der Waals surface area contributed by atoms with Crippen molar-refractivity contribution in [2.24, 2.45) is 10.6 Å². The Kier molecular flexibility index (Phi) is 7.70. The Bertz CT molecular complexity index is 275. The third kappa shape index (κ3) is 6.21. The predicted molar refractivity (Wildman–Crippen MR) is 77.9 cm³/mol. The maximum Gasteiger partial charge on any atom is 0.433 e. The lowest BCUT2D eigenvalue weighted by Crippen LogP contribution is -2.30. The first kappa shape index (κ1) is 16.6. The molecule has 100 valence electrons. The van der Waals surface area contributed by atoms with Crippen LogP contribution in [0.2, 0.25) is 0 Å². The second kappa shape index (κ2) is 7.87. The number of hydrogen-bond acceptors (Lipinski definition) is 5. The molecule has 1 unspecified atom stereocenters. The first-order valence-electron chi connectivity index (χ1n) is 5.48. The van der Waals surface area contributed by atoms with Crippen molar-refractivity contribution in [3.8, 4) is 0 Å². The normalized spacial score (nSPS) is 14.4. The standard InChI is InChI=1S/C11H22N2O2S2/c1-7-17-9(16-6)8(11(2,3)4)13-15-10(14)12-5/h9H,7H2,1-6H3,(H,12,14). The molecule has 0 radical (unpaired) electrons. The van der Waals surface area contributed by atoms with Crippen LogP contribution in [0.25, 0.3) is 0 Å². The Labute approximate surface area is 112 Å². The van der Waals surface area contributed by atoms with Crippen LogP contribution >= 0.6 is 23.5 Å². The summed E-state index contributed by atoms with van der Waals surface area (Å²) in [6.07, 6.45) is 1.50. The van der Waals surface area contributed by atoms with Gasteiger partial charge in [0.15, 0.2) is 0 Å². The minimum absolute atomic E-state index is 0.121. The van der Waals surface area contributed by atoms with E-state index < -0.39 is 6.09 Å². The summed E-state index contributed by atoms with van der Waals surface area (Å²) >= 11 is 3.50. The molecule has 17 heavy (non-hydrogen) atoms. The monoisotopic (exact) mass is 278 g/mol. The van der Waals surface area contributed by atoms with Crippen LogP contribution in [0.4, 0.5) is 4.79 Å². The topological polar surface area (TPSA) is 50.7 Å². The smallest absolute Gasteiger partial charge is 0.323 e. The lowest BCUT2D eigenvalue weighted by Gasteiger charge is -2.26. The van der Waals surface area contributed by atoms with E-state index in [1.165, 1.54) is 7.05 Å². The second-order valence-electron chi connectivity index (χ2n) is 4.38. The van der Waals surface area contributed by atoms with Gasteiger partial charge in [-0.3, -0.25) is 4.84 Å². The zero-order chi connectivity index (χ0) is 13.5. The number of carbonyl (C=O) groups is 1. The van der Waals surface area contributed by atoms with Crippen molar-refractivity contribution in [3.63, 3.8) is 0 Å². The first-order chi connectivity index (χ1) is 7.86. The van der Waals surface area contributed by atoms with Gasteiger partial charge in [-0.25, -0.2) is 4.79 Å². The van der Waals surface area contributed by atoms with E-state index in [2.05, 4.69) is 38.2 Å². The Morgan fingerprint density at radius 3 is 2.41 bits per heavy atom. The van der Waals surface area contributed by atoms with E-state index in [9.17, 15) is 4.79 Å². The molecular weight excluding hydrogens is 256 g/mol. The molecule has 0 aliphatic heterocycles. The van der Waals surface area contributed by atoms with E-state index in [1.807, 2.05) is 6.26 Å². The summed E-state index contributed by atoms with van der Waals surface area (Å²) in [5, 5.41) is 6.40. The van der Waals surface area contributed by atoms with E-state index in [0.717, 1.165) is 11.5 Å². The van der Waals surface area contributed by atoms with Crippen molar-refractivity contribution in [1.29, 1.82) is 0 Å². The fourth-order valence-corrected chi connectivity index (χ4v) is 3.51. The highest BCUT2D eigenvalue weighted by Gasteiger charge is 2.28. The van der Waals surface area contributed by atoms with Crippen LogP contribution in [0, 0.1) is 5.41 Å². The van der Waals surface area contributed by atoms with Gasteiger partial charge in [0.25, 0.3) is 0 Å². The van der Waals surface area contributed by atoms with Crippen LogP contribution in [0.1, 0.15) is 27.7 Å². The van der Waals surface area contributed by atoms with Gasteiger partial charge >= 0.3 is 6.09 Å². The fourth-order valence-electron chi connectivity index (χ4n) is 1.08. The molecule has 0 saturated heterocycles. The minimum Gasteiger partial charge on any atom is -0.323 e. The largest absolute Gasteiger partial charge is 0.433 e. The molecule has 0 aliphatic carbocycles. The molecular formula is C11H22N2O2S2. The number of carbonyl (C=O) groups excluding carboxylic acids is 1. The third-order valence-electron chi connectivity index (χ3n) is 1.95. The number of rotatable bonds is 5. The zero-order valence-corrected chi connectivity index (χ0v) is 13.0. The van der Waals surface area contributed by atoms with Gasteiger partial charge in [0, 0.05) is 12.5 Å². The number of thioether (sulfide) groups is 2. The molecule has 1 amide bonds. The van der Waals surface area contributed by atoms with Gasteiger partial charge in [-0.15, -0.1) is 23.5 Å². The van der Waals surface area contributed by atoms with Gasteiger partial charge < -0.3 is 5.32 Å². The van der Waals surface area contributed by atoms with Crippen LogP contribution in [0.5, 0.6) is 0 Å². The number of hydrogen-bond donors (Lipinski definition) is 1. The SMILES string of the molecule is CCSC(SC)C(=NOC(=O)NC)C(C)(C)C. The number of nitrogens with zero attached hydrogens (tertiary/aromatic N) is 1. The average Bonchev–Trinajstić information content (AvgIpc) is 2.25. The van der Waals surface area contributed by atoms with Crippen LogP contribution in [0.3, 0.4) is 0 Å². The lowest BCUT2D eigenvalue weighted by atomic mass is 9.91. The van der Waals surface area contributed by atoms with E-state index in [4.69, 9.17) is 4.84 Å². The van der Waals surface area contributed by atoms with Crippen molar-refractivity contribution in [2.75, 3.05) is 19.1 Å². The summed E-state index contributed by atoms with van der Waals surface area (Å²) < 4.78 is 0.213. The Morgan fingerprint density at radius 1 is 1.47 bits per heavy atom. The van der Waals surface area contributed by atoms with E-state index in [0.29, 0.717) is 0 Å². The summed E-state index contributed by atoms with van der Waals surface area (Å²) in [6.45, 7) is 8.31. The highest BCUT2D eigenvalue weighted by molar-refractivity contribution is 8.17. The van der Waals surface area contributed by atoms with Crippen molar-refractivity contribution >= 4 is 35.3 Å². The number of nitrogens with one attached hydrogen (secondary N) is 1. The molecule has 0 bridgehead atoms. The molecule has 0 fully saturated rings. The highest BCUT2D eigenvalue weighted by atomic mass is 32.2. The molecule has 0 aromatic heterocycles. The molecule has 1 N–H and O–H groups in total. The number of amides is 1. The van der Waals surface area contributed by atoms with Crippen molar-refractivity contribution in [1.82, 2.24) is 5.32 Å². The van der Waals surface area contributed by atoms with Crippen molar-refractivity contribution in [2.45, 2.75) is 32.3 Å². The van der Waals surface area contributed by atoms with E-state index in [1.54, 1.807) is 23.5 Å². The summed E-state index contributed by atoms with van der Waals surface area (Å²) in [7, 11) is 1.52. The molecule has 0 heterocycles. The molecule has 0 rings (SSSR count). The van der Waals surface area contributed by atoms with Gasteiger partial charge in [-0.05, 0) is 12.0 Å². The van der Waals surface area contributed by atoms with Crippen molar-refractivity contribution < 1.29 is 9.63 Å². The van der Waals surface area contributed by atoms with Gasteiger partial charge in [-0.2, -0.15) is 0 Å². The lowest BCUT2D eigenvalue weighted by molar-refractivity contribution is 0.151. The quantitative estimate of drug-likeness (QED) is 0.363. The molecule has 0 saturated carbocycles. The summed E-state index contributed by atoms with van der Waals surface area (Å²) in [5.41, 5.74) is 0.768. The van der Waals surface area contributed by atoms with Gasteiger partial charge in [0.1, 0.15) is 0 Å². The van der Waals surface area contributed by atoms with Crippen LogP contribution < -0.4 is 5.32 Å². The molecule has 1 atom stereocenters. The maximum atomic E-state index is 11.1. The maximum absolute atomic E-state index is 11.1.